The van der Waals surface area contributed by atoms with Gasteiger partial charge in [-0.2, -0.15) is 0 Å². The van der Waals surface area contributed by atoms with Gasteiger partial charge in [-0.3, -0.25) is 0 Å². The summed E-state index contributed by atoms with van der Waals surface area (Å²) in [7, 11) is 0. The van der Waals surface area contributed by atoms with Crippen molar-refractivity contribution >= 4 is 17.3 Å². The van der Waals surface area contributed by atoms with Crippen molar-refractivity contribution in [1.82, 2.24) is 0 Å². The van der Waals surface area contributed by atoms with Crippen LogP contribution in [0.25, 0.3) is 0 Å². The summed E-state index contributed by atoms with van der Waals surface area (Å²) in [6.45, 7) is 5.42. The van der Waals surface area contributed by atoms with Crippen LogP contribution in [0.5, 0.6) is 0 Å². The van der Waals surface area contributed by atoms with Crippen LogP contribution in [0.4, 0.5) is 11.4 Å². The van der Waals surface area contributed by atoms with E-state index in [0.717, 1.165) is 12.2 Å². The predicted molar refractivity (Wildman–Crippen MR) is 77.5 cm³/mol. The van der Waals surface area contributed by atoms with E-state index in [9.17, 15) is 4.79 Å². The highest BCUT2D eigenvalue weighted by atomic mass is 16.5. The van der Waals surface area contributed by atoms with Crippen LogP contribution in [-0.2, 0) is 4.74 Å². The van der Waals surface area contributed by atoms with Crippen molar-refractivity contribution in [1.29, 1.82) is 0 Å². The first-order valence-electron chi connectivity index (χ1n) is 6.96. The van der Waals surface area contributed by atoms with Crippen LogP contribution in [-0.4, -0.2) is 25.2 Å². The minimum atomic E-state index is -0.341. The summed E-state index contributed by atoms with van der Waals surface area (Å²) in [6, 6.07) is 6.14. The first-order valence-corrected chi connectivity index (χ1v) is 6.96. The lowest BCUT2D eigenvalue weighted by Crippen LogP contribution is -2.37. The number of hydrogen-bond acceptors (Lipinski definition) is 4. The molecule has 1 saturated heterocycles. The molecule has 0 aliphatic carbocycles. The van der Waals surface area contributed by atoms with E-state index in [0.29, 0.717) is 23.9 Å². The highest BCUT2D eigenvalue weighted by Crippen LogP contribution is 2.27. The number of nitrogens with two attached hydrogens (primary N) is 1. The van der Waals surface area contributed by atoms with Gasteiger partial charge >= 0.3 is 5.97 Å². The van der Waals surface area contributed by atoms with E-state index < -0.39 is 0 Å². The first kappa shape index (κ1) is 13.7. The summed E-state index contributed by atoms with van der Waals surface area (Å²) in [5.74, 6) is -0.341. The number of esters is 1. The normalized spacial score (nSPS) is 19.3. The van der Waals surface area contributed by atoms with Gasteiger partial charge in [-0.25, -0.2) is 4.79 Å². The number of nitrogens with zero attached hydrogens (tertiary/aromatic N) is 1. The number of piperidine rings is 1. The second-order valence-electron chi connectivity index (χ2n) is 5.03. The summed E-state index contributed by atoms with van der Waals surface area (Å²) in [5.41, 5.74) is 7.87. The van der Waals surface area contributed by atoms with Gasteiger partial charge in [0.2, 0.25) is 0 Å². The van der Waals surface area contributed by atoms with Gasteiger partial charge < -0.3 is 15.4 Å². The molecule has 0 amide bonds. The molecule has 1 aromatic carbocycles. The number of carbonyl (C=O) groups excluding carboxylic acids is 1. The number of ether oxygens (including phenoxy) is 1. The molecule has 19 heavy (non-hydrogen) atoms. The van der Waals surface area contributed by atoms with Gasteiger partial charge in [0.1, 0.15) is 0 Å². The van der Waals surface area contributed by atoms with Gasteiger partial charge in [-0.05, 0) is 51.3 Å². The number of anilines is 2. The van der Waals surface area contributed by atoms with E-state index in [2.05, 4.69) is 11.8 Å². The smallest absolute Gasteiger partial charge is 0.340 e. The molecule has 2 N–H and O–H groups in total. The van der Waals surface area contributed by atoms with E-state index in [1.807, 2.05) is 12.1 Å². The molecule has 104 valence electrons. The minimum Gasteiger partial charge on any atom is -0.462 e. The molecule has 1 fully saturated rings. The Morgan fingerprint density at radius 3 is 2.95 bits per heavy atom. The Morgan fingerprint density at radius 1 is 1.47 bits per heavy atom. The zero-order chi connectivity index (χ0) is 13.8. The molecule has 0 spiro atoms. The number of carbonyl (C=O) groups is 1. The monoisotopic (exact) mass is 262 g/mol. The van der Waals surface area contributed by atoms with Gasteiger partial charge in [0.05, 0.1) is 12.2 Å². The van der Waals surface area contributed by atoms with Crippen LogP contribution in [0, 0.1) is 0 Å². The average Bonchev–Trinajstić information content (AvgIpc) is 2.40. The Kier molecular flexibility index (Phi) is 4.30. The molecule has 0 bridgehead atoms. The predicted octanol–water partition coefficient (Wildman–Crippen LogP) is 2.82. The van der Waals surface area contributed by atoms with Crippen molar-refractivity contribution < 1.29 is 9.53 Å². The van der Waals surface area contributed by atoms with Crippen LogP contribution in [0.2, 0.25) is 0 Å². The lowest BCUT2D eigenvalue weighted by molar-refractivity contribution is 0.0527. The van der Waals surface area contributed by atoms with E-state index in [4.69, 9.17) is 10.5 Å². The number of hydrogen-bond donors (Lipinski definition) is 1. The van der Waals surface area contributed by atoms with Crippen molar-refractivity contribution in [3.8, 4) is 0 Å². The molecule has 0 aromatic heterocycles. The Balaban J connectivity index is 2.27. The Morgan fingerprint density at radius 2 is 2.26 bits per heavy atom. The molecule has 1 aromatic rings. The Labute approximate surface area is 114 Å². The quantitative estimate of drug-likeness (QED) is 0.672. The summed E-state index contributed by atoms with van der Waals surface area (Å²) in [4.78, 5) is 14.2. The fraction of sp³-hybridized carbons (Fsp3) is 0.533. The summed E-state index contributed by atoms with van der Waals surface area (Å²) in [6.07, 6.45) is 3.67. The lowest BCUT2D eigenvalue weighted by atomic mass is 10.0. The topological polar surface area (TPSA) is 55.6 Å². The molecule has 1 aliphatic rings. The molecular formula is C15H22N2O2. The fourth-order valence-corrected chi connectivity index (χ4v) is 2.59. The molecule has 4 heteroatoms. The summed E-state index contributed by atoms with van der Waals surface area (Å²) >= 11 is 0. The van der Waals surface area contributed by atoms with Crippen molar-refractivity contribution in [2.24, 2.45) is 0 Å². The second-order valence-corrected chi connectivity index (χ2v) is 5.03. The molecule has 4 nitrogen and oxygen atoms in total. The molecule has 1 aliphatic heterocycles. The van der Waals surface area contributed by atoms with Crippen LogP contribution < -0.4 is 10.6 Å². The summed E-state index contributed by atoms with van der Waals surface area (Å²) < 4.78 is 5.04. The van der Waals surface area contributed by atoms with Crippen molar-refractivity contribution in [3.05, 3.63) is 23.8 Å². The minimum absolute atomic E-state index is 0.341. The molecule has 1 atom stereocenters. The van der Waals surface area contributed by atoms with Gasteiger partial charge in [0.25, 0.3) is 0 Å². The van der Waals surface area contributed by atoms with Crippen LogP contribution in [0.3, 0.4) is 0 Å². The van der Waals surface area contributed by atoms with Gasteiger partial charge in [-0.15, -0.1) is 0 Å². The van der Waals surface area contributed by atoms with Crippen LogP contribution in [0.15, 0.2) is 18.2 Å². The van der Waals surface area contributed by atoms with E-state index >= 15 is 0 Å². The Hall–Kier alpha value is -1.71. The third-order valence-electron chi connectivity index (χ3n) is 3.67. The maximum Gasteiger partial charge on any atom is 0.340 e. The zero-order valence-electron chi connectivity index (χ0n) is 11.7. The van der Waals surface area contributed by atoms with Crippen LogP contribution in [0.1, 0.15) is 43.5 Å². The SMILES string of the molecule is CCOC(=O)c1cc(N2CCCCC2C)ccc1N. The molecule has 1 unspecified atom stereocenters. The van der Waals surface area contributed by atoms with Crippen molar-refractivity contribution in [2.45, 2.75) is 39.2 Å². The lowest BCUT2D eigenvalue weighted by Gasteiger charge is -2.35. The van der Waals surface area contributed by atoms with E-state index in [1.165, 1.54) is 19.3 Å². The van der Waals surface area contributed by atoms with Crippen LogP contribution >= 0.6 is 0 Å². The number of rotatable bonds is 3. The molecule has 1 heterocycles. The third-order valence-corrected chi connectivity index (χ3v) is 3.67. The van der Waals surface area contributed by atoms with Gasteiger partial charge in [-0.1, -0.05) is 0 Å². The second kappa shape index (κ2) is 5.95. The molecule has 0 saturated carbocycles. The fourth-order valence-electron chi connectivity index (χ4n) is 2.59. The maximum absolute atomic E-state index is 11.9. The number of nitrogen functional groups attached to an aromatic ring is 1. The number of benzene rings is 1. The van der Waals surface area contributed by atoms with E-state index in [-0.39, 0.29) is 5.97 Å². The standard InChI is InChI=1S/C15H22N2O2/c1-3-19-15(18)13-10-12(7-8-14(13)16)17-9-5-4-6-11(17)2/h7-8,10-11H,3-6,9,16H2,1-2H3. The van der Waals surface area contributed by atoms with E-state index in [1.54, 1.807) is 13.0 Å². The molecular weight excluding hydrogens is 240 g/mol. The van der Waals surface area contributed by atoms with Crippen molar-refractivity contribution in [2.75, 3.05) is 23.8 Å². The van der Waals surface area contributed by atoms with Gasteiger partial charge in [0, 0.05) is 24.0 Å². The first-order chi connectivity index (χ1) is 9.13. The average molecular weight is 262 g/mol. The Bertz CT molecular complexity index is 459. The molecule has 2 rings (SSSR count). The van der Waals surface area contributed by atoms with Gasteiger partial charge in [0.15, 0.2) is 0 Å². The van der Waals surface area contributed by atoms with Crippen molar-refractivity contribution in [3.63, 3.8) is 0 Å². The summed E-state index contributed by atoms with van der Waals surface area (Å²) in [5, 5.41) is 0. The highest BCUT2D eigenvalue weighted by Gasteiger charge is 2.20. The highest BCUT2D eigenvalue weighted by molar-refractivity contribution is 5.96. The maximum atomic E-state index is 11.9. The largest absolute Gasteiger partial charge is 0.462 e. The zero-order valence-corrected chi connectivity index (χ0v) is 11.7. The molecule has 0 radical (unpaired) electrons. The third kappa shape index (κ3) is 3.00.